The molecule has 0 aliphatic heterocycles. The van der Waals surface area contributed by atoms with Gasteiger partial charge in [-0.15, -0.1) is 0 Å². The summed E-state index contributed by atoms with van der Waals surface area (Å²) in [5.74, 6) is 0.381. The molecule has 0 fully saturated rings. The van der Waals surface area contributed by atoms with Gasteiger partial charge in [0, 0.05) is 11.1 Å². The second kappa shape index (κ2) is 6.42. The number of benzene rings is 2. The first-order valence-corrected chi connectivity index (χ1v) is 8.96. The van der Waals surface area contributed by atoms with Crippen LogP contribution in [-0.2, 0) is 10.0 Å². The van der Waals surface area contributed by atoms with Crippen LogP contribution in [0.2, 0.25) is 5.02 Å². The number of methoxy groups -OCH3 is 1. The highest BCUT2D eigenvalue weighted by molar-refractivity contribution is 7.92. The van der Waals surface area contributed by atoms with Crippen molar-refractivity contribution in [1.82, 2.24) is 0 Å². The van der Waals surface area contributed by atoms with E-state index >= 15 is 0 Å². The molecule has 0 amide bonds. The van der Waals surface area contributed by atoms with Crippen LogP contribution in [0.1, 0.15) is 22.3 Å². The fraction of sp³-hybridized carbons (Fsp3) is 0.294. The van der Waals surface area contributed by atoms with Crippen molar-refractivity contribution >= 4 is 27.3 Å². The predicted molar refractivity (Wildman–Crippen MR) is 94.2 cm³/mol. The topological polar surface area (TPSA) is 55.4 Å². The second-order valence-corrected chi connectivity index (χ2v) is 7.66. The molecular formula is C17H20ClNO3S. The lowest BCUT2D eigenvalue weighted by molar-refractivity contribution is 0.417. The van der Waals surface area contributed by atoms with Crippen molar-refractivity contribution in [3.8, 4) is 5.75 Å². The lowest BCUT2D eigenvalue weighted by Crippen LogP contribution is -2.16. The first-order valence-electron chi connectivity index (χ1n) is 7.10. The van der Waals surface area contributed by atoms with Crippen LogP contribution in [0.3, 0.4) is 0 Å². The minimum atomic E-state index is -3.73. The van der Waals surface area contributed by atoms with Gasteiger partial charge in [0.1, 0.15) is 5.75 Å². The maximum Gasteiger partial charge on any atom is 0.262 e. The molecular weight excluding hydrogens is 334 g/mol. The van der Waals surface area contributed by atoms with Gasteiger partial charge in [-0.05, 0) is 50.5 Å². The summed E-state index contributed by atoms with van der Waals surface area (Å²) in [4.78, 5) is 0.290. The Labute approximate surface area is 142 Å². The average Bonchev–Trinajstić information content (AvgIpc) is 2.40. The van der Waals surface area contributed by atoms with Crippen molar-refractivity contribution in [2.75, 3.05) is 11.8 Å². The molecule has 0 bridgehead atoms. The van der Waals surface area contributed by atoms with Crippen molar-refractivity contribution < 1.29 is 13.2 Å². The Kier molecular flexibility index (Phi) is 4.92. The highest BCUT2D eigenvalue weighted by atomic mass is 35.5. The van der Waals surface area contributed by atoms with Gasteiger partial charge in [0.2, 0.25) is 0 Å². The quantitative estimate of drug-likeness (QED) is 0.887. The molecule has 0 heterocycles. The van der Waals surface area contributed by atoms with E-state index in [9.17, 15) is 8.42 Å². The molecule has 0 aliphatic rings. The fourth-order valence-electron chi connectivity index (χ4n) is 2.70. The third-order valence-electron chi connectivity index (χ3n) is 3.60. The lowest BCUT2D eigenvalue weighted by Gasteiger charge is -2.16. The van der Waals surface area contributed by atoms with E-state index in [0.717, 1.165) is 11.1 Å². The number of sulfonamides is 1. The Morgan fingerprint density at radius 1 is 0.957 bits per heavy atom. The minimum Gasteiger partial charge on any atom is -0.495 e. The predicted octanol–water partition coefficient (Wildman–Crippen LogP) is 4.38. The SMILES string of the molecule is COc1cc(Cl)c(C)cc1NS(=O)(=O)c1c(C)cc(C)cc1C. The summed E-state index contributed by atoms with van der Waals surface area (Å²) in [6.07, 6.45) is 0. The van der Waals surface area contributed by atoms with Gasteiger partial charge in [-0.25, -0.2) is 8.42 Å². The van der Waals surface area contributed by atoms with Gasteiger partial charge in [-0.3, -0.25) is 4.72 Å². The van der Waals surface area contributed by atoms with Gasteiger partial charge < -0.3 is 4.74 Å². The molecule has 23 heavy (non-hydrogen) atoms. The van der Waals surface area contributed by atoms with Crippen LogP contribution in [0.5, 0.6) is 5.75 Å². The Hall–Kier alpha value is -1.72. The number of nitrogens with one attached hydrogen (secondary N) is 1. The fourth-order valence-corrected chi connectivity index (χ4v) is 4.37. The van der Waals surface area contributed by atoms with E-state index in [1.165, 1.54) is 7.11 Å². The van der Waals surface area contributed by atoms with Crippen LogP contribution >= 0.6 is 11.6 Å². The van der Waals surface area contributed by atoms with Crippen LogP contribution in [0.25, 0.3) is 0 Å². The summed E-state index contributed by atoms with van der Waals surface area (Å²) < 4.78 is 33.5. The third kappa shape index (κ3) is 3.62. The monoisotopic (exact) mass is 353 g/mol. The smallest absolute Gasteiger partial charge is 0.262 e. The Morgan fingerprint density at radius 2 is 1.52 bits per heavy atom. The molecule has 2 aromatic rings. The van der Waals surface area contributed by atoms with Crippen LogP contribution in [0.4, 0.5) is 5.69 Å². The lowest BCUT2D eigenvalue weighted by atomic mass is 10.1. The maximum absolute atomic E-state index is 12.8. The van der Waals surface area contributed by atoms with Gasteiger partial charge in [-0.2, -0.15) is 0 Å². The Bertz CT molecular complexity index is 837. The van der Waals surface area contributed by atoms with Crippen molar-refractivity contribution in [3.63, 3.8) is 0 Å². The molecule has 124 valence electrons. The zero-order valence-electron chi connectivity index (χ0n) is 13.8. The number of ether oxygens (including phenoxy) is 1. The summed E-state index contributed by atoms with van der Waals surface area (Å²) in [6, 6.07) is 6.97. The second-order valence-electron chi connectivity index (χ2n) is 5.64. The summed E-state index contributed by atoms with van der Waals surface area (Å²) in [5, 5.41) is 0.521. The van der Waals surface area contributed by atoms with E-state index in [1.54, 1.807) is 26.0 Å². The molecule has 2 rings (SSSR count). The number of halogens is 1. The van der Waals surface area contributed by atoms with Crippen molar-refractivity contribution in [1.29, 1.82) is 0 Å². The molecule has 0 radical (unpaired) electrons. The maximum atomic E-state index is 12.8. The van der Waals surface area contributed by atoms with E-state index in [-0.39, 0.29) is 4.90 Å². The van der Waals surface area contributed by atoms with Crippen LogP contribution in [0, 0.1) is 27.7 Å². The number of hydrogen-bond acceptors (Lipinski definition) is 3. The molecule has 1 N–H and O–H groups in total. The van der Waals surface area contributed by atoms with E-state index in [0.29, 0.717) is 27.6 Å². The minimum absolute atomic E-state index is 0.290. The number of rotatable bonds is 4. The first kappa shape index (κ1) is 17.6. The normalized spacial score (nSPS) is 11.4. The number of aryl methyl sites for hydroxylation is 4. The van der Waals surface area contributed by atoms with Gasteiger partial charge >= 0.3 is 0 Å². The van der Waals surface area contributed by atoms with E-state index in [1.807, 2.05) is 26.0 Å². The van der Waals surface area contributed by atoms with E-state index in [4.69, 9.17) is 16.3 Å². The Balaban J connectivity index is 2.54. The zero-order valence-corrected chi connectivity index (χ0v) is 15.4. The van der Waals surface area contributed by atoms with Crippen molar-refractivity contribution in [2.24, 2.45) is 0 Å². The highest BCUT2D eigenvalue weighted by Crippen LogP contribution is 2.33. The van der Waals surface area contributed by atoms with Crippen LogP contribution in [-0.4, -0.2) is 15.5 Å². The highest BCUT2D eigenvalue weighted by Gasteiger charge is 2.22. The molecule has 2 aromatic carbocycles. The third-order valence-corrected chi connectivity index (χ3v) is 5.68. The molecule has 0 aromatic heterocycles. The molecule has 4 nitrogen and oxygen atoms in total. The molecule has 0 spiro atoms. The zero-order chi connectivity index (χ0) is 17.4. The van der Waals surface area contributed by atoms with E-state index < -0.39 is 10.0 Å². The summed E-state index contributed by atoms with van der Waals surface area (Å²) in [6.45, 7) is 7.33. The Morgan fingerprint density at radius 3 is 2.04 bits per heavy atom. The number of anilines is 1. The van der Waals surface area contributed by atoms with Gasteiger partial charge in [0.15, 0.2) is 0 Å². The first-order chi connectivity index (χ1) is 10.7. The van der Waals surface area contributed by atoms with Gasteiger partial charge in [-0.1, -0.05) is 29.3 Å². The van der Waals surface area contributed by atoms with Crippen molar-refractivity contribution in [2.45, 2.75) is 32.6 Å². The van der Waals surface area contributed by atoms with Crippen molar-refractivity contribution in [3.05, 3.63) is 51.5 Å². The molecule has 6 heteroatoms. The molecule has 0 aliphatic carbocycles. The molecule has 0 saturated carbocycles. The summed E-state index contributed by atoms with van der Waals surface area (Å²) in [7, 11) is -2.25. The molecule has 0 unspecified atom stereocenters. The summed E-state index contributed by atoms with van der Waals surface area (Å²) >= 11 is 6.06. The van der Waals surface area contributed by atoms with Crippen LogP contribution in [0.15, 0.2) is 29.2 Å². The van der Waals surface area contributed by atoms with Gasteiger partial charge in [0.25, 0.3) is 10.0 Å². The average molecular weight is 354 g/mol. The van der Waals surface area contributed by atoms with E-state index in [2.05, 4.69) is 4.72 Å². The standard InChI is InChI=1S/C17H20ClNO3S/c1-10-6-12(3)17(13(4)7-10)23(20,21)19-15-8-11(2)14(18)9-16(15)22-5/h6-9,19H,1-5H3. The largest absolute Gasteiger partial charge is 0.495 e. The molecule has 0 saturated heterocycles. The van der Waals surface area contributed by atoms with Crippen LogP contribution < -0.4 is 9.46 Å². The molecule has 0 atom stereocenters. The number of hydrogen-bond donors (Lipinski definition) is 1. The van der Waals surface area contributed by atoms with Gasteiger partial charge in [0.05, 0.1) is 17.7 Å². The summed E-state index contributed by atoms with van der Waals surface area (Å²) in [5.41, 5.74) is 3.58.